The third kappa shape index (κ3) is 4.18. The van der Waals surface area contributed by atoms with Gasteiger partial charge in [-0.05, 0) is 56.3 Å². The molecule has 5 heterocycles. The van der Waals surface area contributed by atoms with Crippen LogP contribution in [0.4, 0.5) is 19.0 Å². The summed E-state index contributed by atoms with van der Waals surface area (Å²) in [5.74, 6) is 0.145. The highest BCUT2D eigenvalue weighted by Crippen LogP contribution is 2.40. The number of hydrogen-bond donors (Lipinski definition) is 1. The molecule has 2 saturated heterocycles. The van der Waals surface area contributed by atoms with E-state index in [2.05, 4.69) is 20.5 Å². The van der Waals surface area contributed by atoms with Crippen molar-refractivity contribution in [2.75, 3.05) is 24.5 Å². The predicted octanol–water partition coefficient (Wildman–Crippen LogP) is 5.37. The number of rotatable bonds is 4. The molecular formula is C25H22ClF3N6O. The van der Waals surface area contributed by atoms with E-state index < -0.39 is 23.8 Å². The van der Waals surface area contributed by atoms with Crippen LogP contribution in [-0.2, 0) is 0 Å². The van der Waals surface area contributed by atoms with Crippen molar-refractivity contribution in [1.82, 2.24) is 25.5 Å². The molecule has 2 fully saturated rings. The van der Waals surface area contributed by atoms with E-state index in [1.54, 1.807) is 17.0 Å². The van der Waals surface area contributed by atoms with Crippen LogP contribution >= 0.6 is 11.6 Å². The maximum absolute atomic E-state index is 14.6. The van der Waals surface area contributed by atoms with Gasteiger partial charge in [-0.25, -0.2) is 18.2 Å². The average Bonchev–Trinajstić information content (AvgIpc) is 3.53. The largest absolute Gasteiger partial charge is 0.420 e. The molecule has 0 amide bonds. The second-order valence-electron chi connectivity index (χ2n) is 9.16. The molecule has 2 aliphatic rings. The average molecular weight is 515 g/mol. The van der Waals surface area contributed by atoms with Crippen molar-refractivity contribution in [3.05, 3.63) is 64.6 Å². The van der Waals surface area contributed by atoms with Gasteiger partial charge in [0.15, 0.2) is 0 Å². The number of aromatic nitrogens is 4. The standard InChI is InChI=1S/C25H22ClF3N6O/c26-17-11-31-19-3-4-21(35-12-15(28)10-20(35)16-9-14(27)1-2-18(16)29)32-23(19)22(17)25-34-33-24(36-25)13-5-7-30-8-6-13/h1-4,9,11,13,15,20,30H,5-8,10,12H2/t15-,20+/m0/s1. The molecule has 1 N–H and O–H groups in total. The lowest BCUT2D eigenvalue weighted by molar-refractivity contribution is 0.355. The number of nitrogens with zero attached hydrogens (tertiary/aromatic N) is 5. The molecule has 7 nitrogen and oxygen atoms in total. The smallest absolute Gasteiger partial charge is 0.251 e. The maximum Gasteiger partial charge on any atom is 0.251 e. The van der Waals surface area contributed by atoms with Crippen LogP contribution in [0.5, 0.6) is 0 Å². The van der Waals surface area contributed by atoms with Crippen LogP contribution in [0.1, 0.15) is 42.7 Å². The van der Waals surface area contributed by atoms with E-state index >= 15 is 0 Å². The molecule has 0 radical (unpaired) electrons. The summed E-state index contributed by atoms with van der Waals surface area (Å²) in [6.45, 7) is 1.75. The Morgan fingerprint density at radius 1 is 1.08 bits per heavy atom. The molecule has 0 spiro atoms. The number of piperidine rings is 1. The fraction of sp³-hybridized carbons (Fsp3) is 0.360. The Bertz CT molecular complexity index is 1430. The minimum absolute atomic E-state index is 0.0110. The number of fused-ring (bicyclic) bond motifs is 1. The monoisotopic (exact) mass is 514 g/mol. The van der Waals surface area contributed by atoms with E-state index in [4.69, 9.17) is 21.0 Å². The highest BCUT2D eigenvalue weighted by Gasteiger charge is 2.36. The van der Waals surface area contributed by atoms with Gasteiger partial charge in [0.1, 0.15) is 29.1 Å². The van der Waals surface area contributed by atoms with E-state index in [0.717, 1.165) is 44.1 Å². The Labute approximate surface area is 209 Å². The predicted molar refractivity (Wildman–Crippen MR) is 129 cm³/mol. The molecular weight excluding hydrogens is 493 g/mol. The van der Waals surface area contributed by atoms with Crippen LogP contribution in [0.2, 0.25) is 5.02 Å². The van der Waals surface area contributed by atoms with Gasteiger partial charge in [0.2, 0.25) is 5.89 Å². The lowest BCUT2D eigenvalue weighted by Crippen LogP contribution is -2.26. The molecule has 3 aromatic heterocycles. The second-order valence-corrected chi connectivity index (χ2v) is 9.56. The highest BCUT2D eigenvalue weighted by atomic mass is 35.5. The summed E-state index contributed by atoms with van der Waals surface area (Å²) in [4.78, 5) is 10.7. The molecule has 1 aromatic carbocycles. The van der Waals surface area contributed by atoms with Crippen molar-refractivity contribution < 1.29 is 17.6 Å². The molecule has 2 aliphatic heterocycles. The third-order valence-electron chi connectivity index (χ3n) is 6.86. The molecule has 0 unspecified atom stereocenters. The van der Waals surface area contributed by atoms with Crippen molar-refractivity contribution in [3.63, 3.8) is 0 Å². The zero-order valence-corrected chi connectivity index (χ0v) is 19.9. The van der Waals surface area contributed by atoms with Gasteiger partial charge in [-0.2, -0.15) is 0 Å². The third-order valence-corrected chi connectivity index (χ3v) is 7.14. The van der Waals surface area contributed by atoms with Crippen molar-refractivity contribution >= 4 is 28.5 Å². The van der Waals surface area contributed by atoms with Crippen LogP contribution in [0.3, 0.4) is 0 Å². The Morgan fingerprint density at radius 2 is 1.92 bits per heavy atom. The Balaban J connectivity index is 1.42. The first kappa shape index (κ1) is 23.2. The van der Waals surface area contributed by atoms with Gasteiger partial charge in [0, 0.05) is 24.1 Å². The van der Waals surface area contributed by atoms with Crippen molar-refractivity contribution in [2.24, 2.45) is 0 Å². The van der Waals surface area contributed by atoms with Gasteiger partial charge in [-0.15, -0.1) is 10.2 Å². The zero-order chi connectivity index (χ0) is 24.8. The summed E-state index contributed by atoms with van der Waals surface area (Å²) in [7, 11) is 0. The first-order valence-electron chi connectivity index (χ1n) is 11.8. The molecule has 0 saturated carbocycles. The summed E-state index contributed by atoms with van der Waals surface area (Å²) in [6.07, 6.45) is 2.08. The van der Waals surface area contributed by atoms with Crippen LogP contribution in [0, 0.1) is 11.6 Å². The number of nitrogens with one attached hydrogen (secondary N) is 1. The van der Waals surface area contributed by atoms with Crippen molar-refractivity contribution in [3.8, 4) is 11.5 Å². The molecule has 2 atom stereocenters. The fourth-order valence-electron chi connectivity index (χ4n) is 5.07. The summed E-state index contributed by atoms with van der Waals surface area (Å²) < 4.78 is 49.1. The molecule has 36 heavy (non-hydrogen) atoms. The minimum atomic E-state index is -1.23. The van der Waals surface area contributed by atoms with Gasteiger partial charge in [0.05, 0.1) is 28.7 Å². The maximum atomic E-state index is 14.6. The first-order chi connectivity index (χ1) is 17.5. The lowest BCUT2D eigenvalue weighted by atomic mass is 9.98. The summed E-state index contributed by atoms with van der Waals surface area (Å²) >= 11 is 6.53. The topological polar surface area (TPSA) is 80.0 Å². The normalized spacial score (nSPS) is 20.9. The fourth-order valence-corrected chi connectivity index (χ4v) is 5.29. The Morgan fingerprint density at radius 3 is 2.75 bits per heavy atom. The van der Waals surface area contributed by atoms with E-state index in [9.17, 15) is 13.2 Å². The van der Waals surface area contributed by atoms with Crippen LogP contribution < -0.4 is 10.2 Å². The van der Waals surface area contributed by atoms with Crippen LogP contribution in [0.25, 0.3) is 22.5 Å². The van der Waals surface area contributed by atoms with Gasteiger partial charge >= 0.3 is 0 Å². The Hall–Kier alpha value is -3.24. The van der Waals surface area contributed by atoms with E-state index in [1.807, 2.05) is 0 Å². The van der Waals surface area contributed by atoms with E-state index in [0.29, 0.717) is 28.3 Å². The molecule has 0 bridgehead atoms. The highest BCUT2D eigenvalue weighted by molar-refractivity contribution is 6.34. The number of anilines is 1. The van der Waals surface area contributed by atoms with Crippen molar-refractivity contribution in [2.45, 2.75) is 37.4 Å². The molecule has 4 aromatic rings. The number of pyridine rings is 2. The molecule has 11 heteroatoms. The van der Waals surface area contributed by atoms with E-state index in [-0.39, 0.29) is 35.4 Å². The minimum Gasteiger partial charge on any atom is -0.420 e. The number of halogens is 4. The van der Waals surface area contributed by atoms with Crippen LogP contribution in [0.15, 0.2) is 40.9 Å². The summed E-state index contributed by atoms with van der Waals surface area (Å²) in [5, 5.41) is 12.1. The number of alkyl halides is 1. The SMILES string of the molecule is Fc1ccc(F)c([C@H]2C[C@H](F)CN2c2ccc3ncc(Cl)c(-c4nnc(C5CCNCC5)o4)c3n2)c1. The molecule has 186 valence electrons. The quantitative estimate of drug-likeness (QED) is 0.392. The first-order valence-corrected chi connectivity index (χ1v) is 12.2. The number of benzene rings is 1. The Kier molecular flexibility index (Phi) is 6.00. The zero-order valence-electron chi connectivity index (χ0n) is 19.1. The van der Waals surface area contributed by atoms with Crippen LogP contribution in [-0.4, -0.2) is 46.0 Å². The van der Waals surface area contributed by atoms with Gasteiger partial charge in [-0.1, -0.05) is 11.6 Å². The van der Waals surface area contributed by atoms with Gasteiger partial charge < -0.3 is 14.6 Å². The van der Waals surface area contributed by atoms with Gasteiger partial charge in [0.25, 0.3) is 5.89 Å². The molecule has 6 rings (SSSR count). The lowest BCUT2D eigenvalue weighted by Gasteiger charge is -2.26. The summed E-state index contributed by atoms with van der Waals surface area (Å²) in [5.41, 5.74) is 1.45. The van der Waals surface area contributed by atoms with E-state index in [1.165, 1.54) is 6.20 Å². The number of hydrogen-bond acceptors (Lipinski definition) is 7. The van der Waals surface area contributed by atoms with Crippen molar-refractivity contribution in [1.29, 1.82) is 0 Å². The molecule has 0 aliphatic carbocycles. The second kappa shape index (κ2) is 9.33. The summed E-state index contributed by atoms with van der Waals surface area (Å²) in [6, 6.07) is 5.90. The van der Waals surface area contributed by atoms with Gasteiger partial charge in [-0.3, -0.25) is 4.98 Å².